The maximum atomic E-state index is 12.6. The van der Waals surface area contributed by atoms with Crippen LogP contribution in [0.15, 0.2) is 24.3 Å². The summed E-state index contributed by atoms with van der Waals surface area (Å²) in [6.45, 7) is 1.97. The smallest absolute Gasteiger partial charge is 0.257 e. The molecule has 0 radical (unpaired) electrons. The fraction of sp³-hybridized carbons (Fsp3) is 0.455. The molecule has 0 aliphatic rings. The average molecular weight is 199 g/mol. The number of alkyl halides is 2. The van der Waals surface area contributed by atoms with E-state index in [2.05, 4.69) is 5.32 Å². The molecule has 1 rings (SSSR count). The van der Waals surface area contributed by atoms with Gasteiger partial charge in [0.2, 0.25) is 0 Å². The second-order valence-corrected chi connectivity index (χ2v) is 3.15. The first-order valence-electron chi connectivity index (χ1n) is 4.74. The monoisotopic (exact) mass is 199 g/mol. The Bertz CT molecular complexity index is 286. The molecule has 1 aromatic carbocycles. The highest BCUT2D eigenvalue weighted by Gasteiger charge is 2.21. The first-order valence-corrected chi connectivity index (χ1v) is 4.74. The van der Waals surface area contributed by atoms with Crippen LogP contribution in [0.5, 0.6) is 0 Å². The van der Waals surface area contributed by atoms with Crippen molar-refractivity contribution < 1.29 is 8.78 Å². The zero-order chi connectivity index (χ0) is 10.6. The molecule has 0 aliphatic heterocycles. The van der Waals surface area contributed by atoms with Crippen LogP contribution in [0.2, 0.25) is 0 Å². The first-order chi connectivity index (χ1) is 6.70. The predicted molar refractivity (Wildman–Crippen MR) is 53.6 cm³/mol. The van der Waals surface area contributed by atoms with Crippen LogP contribution in [0.25, 0.3) is 0 Å². The van der Waals surface area contributed by atoms with Gasteiger partial charge in [0.25, 0.3) is 6.43 Å². The van der Waals surface area contributed by atoms with Gasteiger partial charge in [0, 0.05) is 0 Å². The second kappa shape index (κ2) is 5.05. The van der Waals surface area contributed by atoms with E-state index < -0.39 is 12.5 Å². The minimum Gasteiger partial charge on any atom is -0.308 e. The van der Waals surface area contributed by atoms with Gasteiger partial charge in [0.1, 0.15) is 0 Å². The summed E-state index contributed by atoms with van der Waals surface area (Å²) in [6.07, 6.45) is -1.59. The third-order valence-corrected chi connectivity index (χ3v) is 2.33. The Kier molecular flexibility index (Phi) is 4.01. The van der Waals surface area contributed by atoms with Crippen molar-refractivity contribution in [2.24, 2.45) is 0 Å². The quantitative estimate of drug-likeness (QED) is 0.786. The van der Waals surface area contributed by atoms with Gasteiger partial charge in [-0.25, -0.2) is 8.78 Å². The molecule has 0 bridgehead atoms. The molecule has 1 nitrogen and oxygen atoms in total. The van der Waals surface area contributed by atoms with Gasteiger partial charge in [-0.2, -0.15) is 0 Å². The molecule has 78 valence electrons. The van der Waals surface area contributed by atoms with E-state index in [-0.39, 0.29) is 0 Å². The SMILES string of the molecule is CCc1ccccc1C(NC)C(F)F. The molecule has 0 heterocycles. The van der Waals surface area contributed by atoms with Gasteiger partial charge in [-0.3, -0.25) is 0 Å². The van der Waals surface area contributed by atoms with E-state index in [4.69, 9.17) is 0 Å². The van der Waals surface area contributed by atoms with E-state index >= 15 is 0 Å². The van der Waals surface area contributed by atoms with Crippen LogP contribution in [0.1, 0.15) is 24.1 Å². The van der Waals surface area contributed by atoms with E-state index in [9.17, 15) is 8.78 Å². The highest BCUT2D eigenvalue weighted by atomic mass is 19.3. The van der Waals surface area contributed by atoms with Crippen LogP contribution in [-0.2, 0) is 6.42 Å². The minimum absolute atomic E-state index is 0.701. The summed E-state index contributed by atoms with van der Waals surface area (Å²) >= 11 is 0. The average Bonchev–Trinajstić information content (AvgIpc) is 2.19. The normalized spacial score (nSPS) is 13.2. The molecular weight excluding hydrogens is 184 g/mol. The Morgan fingerprint density at radius 3 is 2.43 bits per heavy atom. The third kappa shape index (κ3) is 2.29. The Morgan fingerprint density at radius 1 is 1.29 bits per heavy atom. The molecular formula is C11H15F2N. The van der Waals surface area contributed by atoms with Crippen LogP contribution in [0, 0.1) is 0 Å². The lowest BCUT2D eigenvalue weighted by Crippen LogP contribution is -2.24. The van der Waals surface area contributed by atoms with Crippen LogP contribution in [0.3, 0.4) is 0 Å². The Hall–Kier alpha value is -0.960. The van der Waals surface area contributed by atoms with E-state index in [1.807, 2.05) is 19.1 Å². The molecule has 1 N–H and O–H groups in total. The number of rotatable bonds is 4. The Morgan fingerprint density at radius 2 is 1.93 bits per heavy atom. The van der Waals surface area contributed by atoms with Crippen LogP contribution < -0.4 is 5.32 Å². The van der Waals surface area contributed by atoms with Crippen molar-refractivity contribution in [2.45, 2.75) is 25.8 Å². The van der Waals surface area contributed by atoms with Crippen molar-refractivity contribution in [1.82, 2.24) is 5.32 Å². The molecule has 1 unspecified atom stereocenters. The van der Waals surface area contributed by atoms with Crippen molar-refractivity contribution in [3.05, 3.63) is 35.4 Å². The summed E-state index contributed by atoms with van der Waals surface area (Å²) in [5.41, 5.74) is 1.68. The zero-order valence-electron chi connectivity index (χ0n) is 8.43. The fourth-order valence-electron chi connectivity index (χ4n) is 1.58. The Labute approximate surface area is 83.1 Å². The second-order valence-electron chi connectivity index (χ2n) is 3.15. The molecule has 0 aromatic heterocycles. The molecule has 0 spiro atoms. The molecule has 0 saturated heterocycles. The van der Waals surface area contributed by atoms with E-state index in [1.165, 1.54) is 0 Å². The lowest BCUT2D eigenvalue weighted by atomic mass is 9.99. The van der Waals surface area contributed by atoms with Crippen LogP contribution in [-0.4, -0.2) is 13.5 Å². The standard InChI is InChI=1S/C11H15F2N/c1-3-8-6-4-5-7-9(8)10(14-2)11(12)13/h4-7,10-11,14H,3H2,1-2H3. The lowest BCUT2D eigenvalue weighted by Gasteiger charge is -2.18. The molecule has 3 heteroatoms. The Balaban J connectivity index is 3.02. The van der Waals surface area contributed by atoms with Crippen molar-refractivity contribution in [2.75, 3.05) is 7.05 Å². The topological polar surface area (TPSA) is 12.0 Å². The number of hydrogen-bond donors (Lipinski definition) is 1. The number of benzene rings is 1. The molecule has 0 fully saturated rings. The van der Waals surface area contributed by atoms with Gasteiger partial charge < -0.3 is 5.32 Å². The van der Waals surface area contributed by atoms with Crippen LogP contribution in [0.4, 0.5) is 8.78 Å². The predicted octanol–water partition coefficient (Wildman–Crippen LogP) is 2.77. The van der Waals surface area contributed by atoms with E-state index in [0.717, 1.165) is 12.0 Å². The summed E-state index contributed by atoms with van der Waals surface area (Å²) in [4.78, 5) is 0. The van der Waals surface area contributed by atoms with E-state index in [0.29, 0.717) is 5.56 Å². The maximum Gasteiger partial charge on any atom is 0.257 e. The van der Waals surface area contributed by atoms with Gasteiger partial charge in [-0.05, 0) is 24.6 Å². The summed E-state index contributed by atoms with van der Waals surface area (Å²) in [7, 11) is 1.56. The van der Waals surface area contributed by atoms with Crippen LogP contribution >= 0.6 is 0 Å². The summed E-state index contributed by atoms with van der Waals surface area (Å²) in [5, 5.41) is 2.64. The summed E-state index contributed by atoms with van der Waals surface area (Å²) in [5.74, 6) is 0. The minimum atomic E-state index is -2.37. The molecule has 1 aromatic rings. The number of hydrogen-bond acceptors (Lipinski definition) is 1. The number of halogens is 2. The highest BCUT2D eigenvalue weighted by molar-refractivity contribution is 5.30. The third-order valence-electron chi connectivity index (χ3n) is 2.33. The summed E-state index contributed by atoms with van der Waals surface area (Å²) in [6, 6.07) is 6.46. The highest BCUT2D eigenvalue weighted by Crippen LogP contribution is 2.23. The van der Waals surface area contributed by atoms with Gasteiger partial charge in [0.05, 0.1) is 6.04 Å². The molecule has 0 saturated carbocycles. The number of nitrogens with one attached hydrogen (secondary N) is 1. The van der Waals surface area contributed by atoms with Crippen molar-refractivity contribution in [3.8, 4) is 0 Å². The van der Waals surface area contributed by atoms with Gasteiger partial charge >= 0.3 is 0 Å². The zero-order valence-corrected chi connectivity index (χ0v) is 8.43. The van der Waals surface area contributed by atoms with Crippen molar-refractivity contribution >= 4 is 0 Å². The van der Waals surface area contributed by atoms with Crippen molar-refractivity contribution in [3.63, 3.8) is 0 Å². The first kappa shape index (κ1) is 11.1. The molecule has 0 amide bonds. The molecule has 1 atom stereocenters. The maximum absolute atomic E-state index is 12.6. The van der Waals surface area contributed by atoms with Crippen molar-refractivity contribution in [1.29, 1.82) is 0 Å². The van der Waals surface area contributed by atoms with Gasteiger partial charge in [-0.1, -0.05) is 31.2 Å². The molecule has 14 heavy (non-hydrogen) atoms. The summed E-state index contributed by atoms with van der Waals surface area (Å²) < 4.78 is 25.3. The van der Waals surface area contributed by atoms with Gasteiger partial charge in [-0.15, -0.1) is 0 Å². The molecule has 0 aliphatic carbocycles. The largest absolute Gasteiger partial charge is 0.308 e. The lowest BCUT2D eigenvalue weighted by molar-refractivity contribution is 0.102. The number of aryl methyl sites for hydroxylation is 1. The fourth-order valence-corrected chi connectivity index (χ4v) is 1.58. The van der Waals surface area contributed by atoms with E-state index in [1.54, 1.807) is 19.2 Å². The van der Waals surface area contributed by atoms with Gasteiger partial charge in [0.15, 0.2) is 0 Å².